The van der Waals surface area contributed by atoms with Crippen LogP contribution in [0.3, 0.4) is 0 Å². The van der Waals surface area contributed by atoms with Crippen LogP contribution in [0.25, 0.3) is 0 Å². The van der Waals surface area contributed by atoms with Crippen LogP contribution in [0.15, 0.2) is 48.5 Å². The van der Waals surface area contributed by atoms with Crippen molar-refractivity contribution in [1.82, 2.24) is 0 Å². The minimum Gasteiger partial charge on any atom is -0.0909 e. The average Bonchev–Trinajstić information content (AvgIpc) is 2.38. The predicted molar refractivity (Wildman–Crippen MR) is 89.1 cm³/mol. The zero-order valence-electron chi connectivity index (χ0n) is 11.8. The van der Waals surface area contributed by atoms with Gasteiger partial charge in [0, 0.05) is 5.02 Å². The van der Waals surface area contributed by atoms with Crippen molar-refractivity contribution in [3.8, 4) is 0 Å². The lowest BCUT2D eigenvalue weighted by molar-refractivity contribution is 0.590. The van der Waals surface area contributed by atoms with Gasteiger partial charge in [-0.25, -0.2) is 0 Å². The second-order valence-corrected chi connectivity index (χ2v) is 7.67. The van der Waals surface area contributed by atoms with E-state index in [1.807, 2.05) is 24.3 Å². The smallest absolute Gasteiger partial charge is 0.0909 e. The van der Waals surface area contributed by atoms with Crippen molar-refractivity contribution in [3.63, 3.8) is 0 Å². The molecule has 20 heavy (non-hydrogen) atoms. The Hall–Kier alpha value is -0.690. The molecule has 0 radical (unpaired) electrons. The van der Waals surface area contributed by atoms with Crippen LogP contribution in [0.2, 0.25) is 5.02 Å². The molecule has 0 heterocycles. The molecular formula is C17H17Cl3. The summed E-state index contributed by atoms with van der Waals surface area (Å²) >= 11 is 18.9. The zero-order chi connectivity index (χ0) is 15.0. The van der Waals surface area contributed by atoms with Gasteiger partial charge in [-0.05, 0) is 34.2 Å². The molecule has 0 nitrogen and oxygen atoms in total. The zero-order valence-corrected chi connectivity index (χ0v) is 14.0. The van der Waals surface area contributed by atoms with E-state index in [0.717, 1.165) is 11.1 Å². The van der Waals surface area contributed by atoms with Gasteiger partial charge in [0.25, 0.3) is 0 Å². The first kappa shape index (κ1) is 15.7. The number of benzene rings is 2. The SMILES string of the molecule is CC(C)(C)c1ccc(C(Cl)(Cl)c2ccc(Cl)cc2)cc1. The van der Waals surface area contributed by atoms with Crippen LogP contribution in [0.5, 0.6) is 0 Å². The summed E-state index contributed by atoms with van der Waals surface area (Å²) in [5.41, 5.74) is 3.03. The molecule has 2 aromatic rings. The maximum Gasteiger partial charge on any atom is 0.168 e. The number of halogens is 3. The molecule has 0 aliphatic rings. The first-order valence-corrected chi connectivity index (χ1v) is 7.59. The Labute approximate surface area is 135 Å². The van der Waals surface area contributed by atoms with E-state index in [-0.39, 0.29) is 5.41 Å². The third kappa shape index (κ3) is 3.31. The van der Waals surface area contributed by atoms with Crippen molar-refractivity contribution in [3.05, 3.63) is 70.2 Å². The number of alkyl halides is 2. The van der Waals surface area contributed by atoms with Gasteiger partial charge in [-0.3, -0.25) is 0 Å². The van der Waals surface area contributed by atoms with E-state index in [1.165, 1.54) is 5.56 Å². The van der Waals surface area contributed by atoms with Crippen LogP contribution < -0.4 is 0 Å². The minimum absolute atomic E-state index is 0.111. The molecule has 0 aliphatic carbocycles. The van der Waals surface area contributed by atoms with Crippen molar-refractivity contribution in [2.75, 3.05) is 0 Å². The second kappa shape index (κ2) is 5.60. The Morgan fingerprint density at radius 3 is 1.40 bits per heavy atom. The van der Waals surface area contributed by atoms with Crippen molar-refractivity contribution in [2.24, 2.45) is 0 Å². The summed E-state index contributed by atoms with van der Waals surface area (Å²) in [7, 11) is 0. The van der Waals surface area contributed by atoms with Gasteiger partial charge in [0.05, 0.1) is 0 Å². The quantitative estimate of drug-likeness (QED) is 0.566. The van der Waals surface area contributed by atoms with Gasteiger partial charge in [0.1, 0.15) is 0 Å². The van der Waals surface area contributed by atoms with E-state index in [9.17, 15) is 0 Å². The highest BCUT2D eigenvalue weighted by atomic mass is 35.5. The van der Waals surface area contributed by atoms with Crippen molar-refractivity contribution in [1.29, 1.82) is 0 Å². The molecule has 106 valence electrons. The van der Waals surface area contributed by atoms with E-state index < -0.39 is 4.33 Å². The molecule has 0 atom stereocenters. The van der Waals surface area contributed by atoms with Gasteiger partial charge < -0.3 is 0 Å². The third-order valence-electron chi connectivity index (χ3n) is 3.32. The van der Waals surface area contributed by atoms with Gasteiger partial charge in [0.2, 0.25) is 0 Å². The highest BCUT2D eigenvalue weighted by molar-refractivity contribution is 6.50. The second-order valence-electron chi connectivity index (χ2n) is 5.91. The summed E-state index contributed by atoms with van der Waals surface area (Å²) < 4.78 is -1.07. The molecule has 2 aromatic carbocycles. The minimum atomic E-state index is -1.07. The number of rotatable bonds is 2. The maximum atomic E-state index is 6.53. The molecule has 0 amide bonds. The summed E-state index contributed by atoms with van der Waals surface area (Å²) in [5, 5.41) is 0.668. The fraction of sp³-hybridized carbons (Fsp3) is 0.294. The van der Waals surface area contributed by atoms with E-state index in [1.54, 1.807) is 12.1 Å². The summed E-state index contributed by atoms with van der Waals surface area (Å²) in [6.45, 7) is 6.53. The van der Waals surface area contributed by atoms with Gasteiger partial charge in [-0.2, -0.15) is 0 Å². The third-order valence-corrected chi connectivity index (χ3v) is 4.45. The molecular weight excluding hydrogens is 311 g/mol. The Bertz CT molecular complexity index is 575. The van der Waals surface area contributed by atoms with Gasteiger partial charge >= 0.3 is 0 Å². The van der Waals surface area contributed by atoms with Gasteiger partial charge in [0.15, 0.2) is 4.33 Å². The lowest BCUT2D eigenvalue weighted by atomic mass is 9.86. The van der Waals surface area contributed by atoms with Crippen LogP contribution in [-0.4, -0.2) is 0 Å². The molecule has 0 saturated carbocycles. The lowest BCUT2D eigenvalue weighted by Crippen LogP contribution is -2.14. The molecule has 0 fully saturated rings. The van der Waals surface area contributed by atoms with E-state index in [0.29, 0.717) is 5.02 Å². The van der Waals surface area contributed by atoms with Crippen LogP contribution in [0.4, 0.5) is 0 Å². The Balaban J connectivity index is 2.37. The lowest BCUT2D eigenvalue weighted by Gasteiger charge is -2.23. The summed E-state index contributed by atoms with van der Waals surface area (Å²) in [5.74, 6) is 0. The molecule has 3 heteroatoms. The fourth-order valence-corrected chi connectivity index (χ4v) is 2.64. The highest BCUT2D eigenvalue weighted by Crippen LogP contribution is 2.41. The molecule has 0 aromatic heterocycles. The summed E-state index contributed by atoms with van der Waals surface area (Å²) in [6.07, 6.45) is 0. The van der Waals surface area contributed by atoms with Crippen molar-refractivity contribution in [2.45, 2.75) is 30.5 Å². The molecule has 2 rings (SSSR count). The largest absolute Gasteiger partial charge is 0.168 e. The van der Waals surface area contributed by atoms with Gasteiger partial charge in [-0.1, -0.05) is 92.0 Å². The Morgan fingerprint density at radius 2 is 1.00 bits per heavy atom. The number of hydrogen-bond acceptors (Lipinski definition) is 0. The number of hydrogen-bond donors (Lipinski definition) is 0. The van der Waals surface area contributed by atoms with Crippen molar-refractivity contribution >= 4 is 34.8 Å². The molecule has 0 bridgehead atoms. The van der Waals surface area contributed by atoms with E-state index >= 15 is 0 Å². The highest BCUT2D eigenvalue weighted by Gasteiger charge is 2.29. The molecule has 0 unspecified atom stereocenters. The first-order valence-electron chi connectivity index (χ1n) is 6.46. The molecule has 0 aliphatic heterocycles. The van der Waals surface area contributed by atoms with Gasteiger partial charge in [-0.15, -0.1) is 0 Å². The topological polar surface area (TPSA) is 0 Å². The van der Waals surface area contributed by atoms with Crippen LogP contribution in [0, 0.1) is 0 Å². The van der Waals surface area contributed by atoms with E-state index in [2.05, 4.69) is 32.9 Å². The van der Waals surface area contributed by atoms with Crippen LogP contribution >= 0.6 is 34.8 Å². The maximum absolute atomic E-state index is 6.53. The summed E-state index contributed by atoms with van der Waals surface area (Å²) in [6, 6.07) is 15.4. The van der Waals surface area contributed by atoms with Crippen molar-refractivity contribution < 1.29 is 0 Å². The predicted octanol–water partition coefficient (Wildman–Crippen LogP) is 6.32. The molecule has 0 spiro atoms. The van der Waals surface area contributed by atoms with Crippen LogP contribution in [0.1, 0.15) is 37.5 Å². The first-order chi connectivity index (χ1) is 9.21. The average molecular weight is 328 g/mol. The summed E-state index contributed by atoms with van der Waals surface area (Å²) in [4.78, 5) is 0. The molecule has 0 N–H and O–H groups in total. The normalized spacial score (nSPS) is 12.5. The monoisotopic (exact) mass is 326 g/mol. The molecule has 0 saturated heterocycles. The Morgan fingerprint density at radius 1 is 0.650 bits per heavy atom. The van der Waals surface area contributed by atoms with E-state index in [4.69, 9.17) is 34.8 Å². The fourth-order valence-electron chi connectivity index (χ4n) is 2.01. The van der Waals surface area contributed by atoms with Crippen LogP contribution in [-0.2, 0) is 9.75 Å². The standard InChI is InChI=1S/C17H17Cl3/c1-16(2,3)12-4-6-13(7-5-12)17(19,20)14-8-10-15(18)11-9-14/h4-11H,1-3H3. The Kier molecular flexibility index (Phi) is 4.39.